The van der Waals surface area contributed by atoms with Crippen LogP contribution >= 0.6 is 11.3 Å². The number of furan rings is 1. The molecule has 0 unspecified atom stereocenters. The zero-order valence-electron chi connectivity index (χ0n) is 10.4. The van der Waals surface area contributed by atoms with Gasteiger partial charge in [0.15, 0.2) is 10.8 Å². The fourth-order valence-electron chi connectivity index (χ4n) is 2.13. The Kier molecular flexibility index (Phi) is 3.45. The summed E-state index contributed by atoms with van der Waals surface area (Å²) in [5.41, 5.74) is 1.14. The van der Waals surface area contributed by atoms with Crippen LogP contribution < -0.4 is 5.32 Å². The standard InChI is InChI=1S/C13H17N3OS/c1-2-16(11-6-14-7-11)8-10-9-18-13(15-10)12-4-3-5-17-12/h3-5,9,11,14H,2,6-8H2,1H3. The molecule has 1 aliphatic heterocycles. The zero-order chi connectivity index (χ0) is 12.4. The molecule has 1 aliphatic rings. The predicted octanol–water partition coefficient (Wildman–Crippen LogP) is 2.20. The van der Waals surface area contributed by atoms with E-state index in [1.165, 1.54) is 0 Å². The fourth-order valence-corrected chi connectivity index (χ4v) is 2.91. The van der Waals surface area contributed by atoms with Crippen LogP contribution in [0.2, 0.25) is 0 Å². The van der Waals surface area contributed by atoms with Crippen LogP contribution in [0.3, 0.4) is 0 Å². The zero-order valence-corrected chi connectivity index (χ0v) is 11.2. The molecule has 0 amide bonds. The average Bonchev–Trinajstić information content (AvgIpc) is 2.95. The van der Waals surface area contributed by atoms with Gasteiger partial charge in [-0.1, -0.05) is 6.92 Å². The van der Waals surface area contributed by atoms with E-state index >= 15 is 0 Å². The Balaban J connectivity index is 1.69. The minimum atomic E-state index is 0.670. The van der Waals surface area contributed by atoms with Crippen molar-refractivity contribution in [3.05, 3.63) is 29.5 Å². The van der Waals surface area contributed by atoms with E-state index in [1.54, 1.807) is 17.6 Å². The first-order chi connectivity index (χ1) is 8.86. The van der Waals surface area contributed by atoms with Crippen molar-refractivity contribution in [1.82, 2.24) is 15.2 Å². The number of hydrogen-bond acceptors (Lipinski definition) is 5. The number of nitrogens with zero attached hydrogens (tertiary/aromatic N) is 2. The summed E-state index contributed by atoms with van der Waals surface area (Å²) in [4.78, 5) is 7.11. The highest BCUT2D eigenvalue weighted by Gasteiger charge is 2.23. The van der Waals surface area contributed by atoms with Crippen molar-refractivity contribution >= 4 is 11.3 Å². The van der Waals surface area contributed by atoms with Crippen LogP contribution in [0.25, 0.3) is 10.8 Å². The molecule has 0 spiro atoms. The first-order valence-electron chi connectivity index (χ1n) is 6.30. The highest BCUT2D eigenvalue weighted by atomic mass is 32.1. The van der Waals surface area contributed by atoms with Gasteiger partial charge in [0, 0.05) is 31.1 Å². The third kappa shape index (κ3) is 2.34. The molecule has 2 aromatic rings. The number of rotatable bonds is 5. The van der Waals surface area contributed by atoms with E-state index in [0.29, 0.717) is 6.04 Å². The number of likely N-dealkylation sites (N-methyl/N-ethyl adjacent to an activating group) is 1. The van der Waals surface area contributed by atoms with E-state index in [9.17, 15) is 0 Å². The molecule has 2 aromatic heterocycles. The van der Waals surface area contributed by atoms with Gasteiger partial charge in [-0.15, -0.1) is 11.3 Å². The third-order valence-corrected chi connectivity index (χ3v) is 4.24. The maximum absolute atomic E-state index is 5.37. The molecule has 0 atom stereocenters. The largest absolute Gasteiger partial charge is 0.462 e. The lowest BCUT2D eigenvalue weighted by molar-refractivity contribution is 0.144. The predicted molar refractivity (Wildman–Crippen MR) is 72.6 cm³/mol. The lowest BCUT2D eigenvalue weighted by Gasteiger charge is -2.37. The average molecular weight is 263 g/mol. The molecule has 0 aromatic carbocycles. The number of thiazole rings is 1. The van der Waals surface area contributed by atoms with Crippen molar-refractivity contribution in [2.45, 2.75) is 19.5 Å². The number of hydrogen-bond donors (Lipinski definition) is 1. The lowest BCUT2D eigenvalue weighted by atomic mass is 10.1. The summed E-state index contributed by atoms with van der Waals surface area (Å²) in [7, 11) is 0. The first kappa shape index (κ1) is 11.9. The van der Waals surface area contributed by atoms with Gasteiger partial charge in [-0.3, -0.25) is 4.90 Å². The maximum Gasteiger partial charge on any atom is 0.162 e. The lowest BCUT2D eigenvalue weighted by Crippen LogP contribution is -2.56. The van der Waals surface area contributed by atoms with Crippen LogP contribution in [0.1, 0.15) is 12.6 Å². The van der Waals surface area contributed by atoms with Crippen LogP contribution in [-0.4, -0.2) is 35.6 Å². The Morgan fingerprint density at radius 2 is 2.44 bits per heavy atom. The third-order valence-electron chi connectivity index (χ3n) is 3.33. The number of nitrogens with one attached hydrogen (secondary N) is 1. The summed E-state index contributed by atoms with van der Waals surface area (Å²) in [5.74, 6) is 0.861. The van der Waals surface area contributed by atoms with Crippen molar-refractivity contribution in [3.8, 4) is 10.8 Å². The van der Waals surface area contributed by atoms with Gasteiger partial charge in [0.05, 0.1) is 12.0 Å². The highest BCUT2D eigenvalue weighted by molar-refractivity contribution is 7.13. The van der Waals surface area contributed by atoms with Gasteiger partial charge in [-0.05, 0) is 18.7 Å². The van der Waals surface area contributed by atoms with Crippen molar-refractivity contribution in [2.24, 2.45) is 0 Å². The Morgan fingerprint density at radius 1 is 1.56 bits per heavy atom. The van der Waals surface area contributed by atoms with Gasteiger partial charge in [-0.2, -0.15) is 0 Å². The monoisotopic (exact) mass is 263 g/mol. The van der Waals surface area contributed by atoms with E-state index in [-0.39, 0.29) is 0 Å². The molecule has 1 saturated heterocycles. The fraction of sp³-hybridized carbons (Fsp3) is 0.462. The van der Waals surface area contributed by atoms with Crippen LogP contribution in [0.15, 0.2) is 28.2 Å². The summed E-state index contributed by atoms with van der Waals surface area (Å²) in [6.45, 7) is 6.41. The normalized spacial score (nSPS) is 16.1. The van der Waals surface area contributed by atoms with E-state index in [4.69, 9.17) is 4.42 Å². The Labute approximate surface area is 111 Å². The molecule has 4 nitrogen and oxygen atoms in total. The molecule has 3 heterocycles. The van der Waals surface area contributed by atoms with E-state index in [2.05, 4.69) is 27.5 Å². The first-order valence-corrected chi connectivity index (χ1v) is 7.18. The van der Waals surface area contributed by atoms with Crippen molar-refractivity contribution < 1.29 is 4.42 Å². The Hall–Kier alpha value is -1.17. The maximum atomic E-state index is 5.37. The van der Waals surface area contributed by atoms with Crippen molar-refractivity contribution in [1.29, 1.82) is 0 Å². The second-order valence-corrected chi connectivity index (χ2v) is 5.35. The molecule has 1 N–H and O–H groups in total. The second kappa shape index (κ2) is 5.22. The molecular weight excluding hydrogens is 246 g/mol. The SMILES string of the molecule is CCN(Cc1csc(-c2ccco2)n1)C1CNC1. The van der Waals surface area contributed by atoms with Crippen LogP contribution in [0.4, 0.5) is 0 Å². The molecule has 18 heavy (non-hydrogen) atoms. The minimum absolute atomic E-state index is 0.670. The van der Waals surface area contributed by atoms with Gasteiger partial charge >= 0.3 is 0 Å². The molecule has 0 radical (unpaired) electrons. The highest BCUT2D eigenvalue weighted by Crippen LogP contribution is 2.24. The molecule has 0 bridgehead atoms. The molecule has 3 rings (SSSR count). The molecule has 1 fully saturated rings. The van der Waals surface area contributed by atoms with E-state index in [1.807, 2.05) is 12.1 Å². The molecular formula is C13H17N3OS. The summed E-state index contributed by atoms with van der Waals surface area (Å²) < 4.78 is 5.37. The summed E-state index contributed by atoms with van der Waals surface area (Å²) in [6.07, 6.45) is 1.69. The summed E-state index contributed by atoms with van der Waals surface area (Å²) >= 11 is 1.65. The van der Waals surface area contributed by atoms with Crippen molar-refractivity contribution in [3.63, 3.8) is 0 Å². The van der Waals surface area contributed by atoms with Crippen LogP contribution in [0.5, 0.6) is 0 Å². The minimum Gasteiger partial charge on any atom is -0.462 e. The molecule has 96 valence electrons. The van der Waals surface area contributed by atoms with Crippen LogP contribution in [0, 0.1) is 0 Å². The van der Waals surface area contributed by atoms with Crippen molar-refractivity contribution in [2.75, 3.05) is 19.6 Å². The summed E-state index contributed by atoms with van der Waals surface area (Å²) in [5, 5.41) is 6.42. The molecule has 0 aliphatic carbocycles. The van der Waals surface area contributed by atoms with Gasteiger partial charge in [0.1, 0.15) is 0 Å². The quantitative estimate of drug-likeness (QED) is 0.898. The number of aromatic nitrogens is 1. The molecule has 5 heteroatoms. The van der Waals surface area contributed by atoms with Gasteiger partial charge in [0.2, 0.25) is 0 Å². The second-order valence-electron chi connectivity index (χ2n) is 4.50. The topological polar surface area (TPSA) is 41.3 Å². The van der Waals surface area contributed by atoms with Gasteiger partial charge in [0.25, 0.3) is 0 Å². The van der Waals surface area contributed by atoms with E-state index < -0.39 is 0 Å². The van der Waals surface area contributed by atoms with Crippen LogP contribution in [-0.2, 0) is 6.54 Å². The smallest absolute Gasteiger partial charge is 0.162 e. The van der Waals surface area contributed by atoms with E-state index in [0.717, 1.165) is 42.6 Å². The summed E-state index contributed by atoms with van der Waals surface area (Å²) in [6, 6.07) is 4.52. The Bertz CT molecular complexity index is 490. The molecule has 0 saturated carbocycles. The Morgan fingerprint density at radius 3 is 3.06 bits per heavy atom. The van der Waals surface area contributed by atoms with Gasteiger partial charge in [-0.25, -0.2) is 4.98 Å². The van der Waals surface area contributed by atoms with Gasteiger partial charge < -0.3 is 9.73 Å².